The highest BCUT2D eigenvalue weighted by Gasteiger charge is 2.24. The molecule has 0 bridgehead atoms. The number of aromatic nitrogens is 2. The average Bonchev–Trinajstić information content (AvgIpc) is 3.49. The third-order valence-electron chi connectivity index (χ3n) is 6.27. The van der Waals surface area contributed by atoms with E-state index in [2.05, 4.69) is 15.3 Å². The topological polar surface area (TPSA) is 106 Å². The van der Waals surface area contributed by atoms with Gasteiger partial charge in [0.15, 0.2) is 17.3 Å². The maximum absolute atomic E-state index is 13.1. The number of para-hydroxylation sites is 1. The zero-order valence-corrected chi connectivity index (χ0v) is 22.1. The Morgan fingerprint density at radius 1 is 1.16 bits per heavy atom. The first-order valence-corrected chi connectivity index (χ1v) is 12.2. The molecule has 0 saturated carbocycles. The second-order valence-corrected chi connectivity index (χ2v) is 9.21. The summed E-state index contributed by atoms with van der Waals surface area (Å²) in [6, 6.07) is 12.7. The van der Waals surface area contributed by atoms with Crippen LogP contribution in [0.5, 0.6) is 0 Å². The van der Waals surface area contributed by atoms with E-state index >= 15 is 0 Å². The van der Waals surface area contributed by atoms with Gasteiger partial charge in [-0.1, -0.05) is 24.3 Å². The number of rotatable bonds is 7. The van der Waals surface area contributed by atoms with E-state index in [0.717, 1.165) is 37.3 Å². The number of carbonyl (C=O) groups excluding carboxylic acids is 2. The molecule has 3 N–H and O–H groups in total. The number of nitrogens with one attached hydrogen (secondary N) is 1. The van der Waals surface area contributed by atoms with Gasteiger partial charge >= 0.3 is 6.03 Å². The summed E-state index contributed by atoms with van der Waals surface area (Å²) in [5, 5.41) is 6.83. The summed E-state index contributed by atoms with van der Waals surface area (Å²) < 4.78 is 32.5. The van der Waals surface area contributed by atoms with E-state index in [1.807, 2.05) is 30.3 Å². The monoisotopic (exact) mass is 528 g/mol. The first-order chi connectivity index (χ1) is 18.1. The van der Waals surface area contributed by atoms with Crippen LogP contribution in [-0.2, 0) is 4.74 Å². The van der Waals surface area contributed by atoms with Crippen molar-refractivity contribution in [3.8, 4) is 5.69 Å². The summed E-state index contributed by atoms with van der Waals surface area (Å²) in [6.07, 6.45) is 0.995. The largest absolute Gasteiger partial charge is 0.383 e. The molecular weight excluding hydrogens is 494 g/mol. The van der Waals surface area contributed by atoms with Gasteiger partial charge in [0.1, 0.15) is 5.82 Å². The van der Waals surface area contributed by atoms with E-state index in [-0.39, 0.29) is 11.6 Å². The third-order valence-corrected chi connectivity index (χ3v) is 6.27. The first-order valence-electron chi connectivity index (χ1n) is 12.2. The number of likely N-dealkylation sites (tertiary alicyclic amines) is 1. The minimum Gasteiger partial charge on any atom is -0.383 e. The van der Waals surface area contributed by atoms with Gasteiger partial charge in [-0.15, -0.1) is 0 Å². The maximum Gasteiger partial charge on any atom is 0.317 e. The van der Waals surface area contributed by atoms with E-state index in [1.165, 1.54) is 21.7 Å². The summed E-state index contributed by atoms with van der Waals surface area (Å²) >= 11 is 0. The fraction of sp³-hybridized carbons (Fsp3) is 0.370. The fourth-order valence-corrected chi connectivity index (χ4v) is 4.22. The lowest BCUT2D eigenvalue weighted by molar-refractivity contribution is 0.0820. The summed E-state index contributed by atoms with van der Waals surface area (Å²) in [5.74, 6) is -1.07. The number of hydrogen-bond acceptors (Lipinski definition) is 5. The number of benzene rings is 2. The summed E-state index contributed by atoms with van der Waals surface area (Å²) in [6.45, 7) is 5.22. The van der Waals surface area contributed by atoms with Crippen LogP contribution in [0.3, 0.4) is 0 Å². The molecule has 204 valence electrons. The number of halogens is 2. The van der Waals surface area contributed by atoms with Crippen LogP contribution in [0.15, 0.2) is 48.5 Å². The van der Waals surface area contributed by atoms with E-state index in [4.69, 9.17) is 10.5 Å². The molecule has 11 heteroatoms. The number of anilines is 1. The summed E-state index contributed by atoms with van der Waals surface area (Å²) in [4.78, 5) is 27.1. The van der Waals surface area contributed by atoms with Crippen LogP contribution < -0.4 is 11.1 Å². The molecule has 2 heterocycles. The lowest BCUT2D eigenvalue weighted by atomic mass is 9.98. The van der Waals surface area contributed by atoms with Gasteiger partial charge in [-0.3, -0.25) is 10.1 Å². The Bertz CT molecular complexity index is 1250. The Hall–Kier alpha value is -3.83. The van der Waals surface area contributed by atoms with Gasteiger partial charge < -0.3 is 20.3 Å². The van der Waals surface area contributed by atoms with Crippen LogP contribution in [0.4, 0.5) is 19.4 Å². The molecule has 1 aliphatic rings. The molecule has 0 aliphatic carbocycles. The van der Waals surface area contributed by atoms with E-state index < -0.39 is 17.7 Å². The minimum atomic E-state index is -0.775. The number of carbonyl (C=O) groups is 2. The van der Waals surface area contributed by atoms with Crippen molar-refractivity contribution in [3.05, 3.63) is 77.0 Å². The van der Waals surface area contributed by atoms with Crippen molar-refractivity contribution in [3.63, 3.8) is 0 Å². The molecule has 4 rings (SSSR count). The number of urea groups is 1. The highest BCUT2D eigenvalue weighted by molar-refractivity contribution is 5.97. The number of primary amides is 1. The smallest absolute Gasteiger partial charge is 0.317 e. The Labute approximate surface area is 221 Å². The van der Waals surface area contributed by atoms with E-state index in [0.29, 0.717) is 23.9 Å². The van der Waals surface area contributed by atoms with Gasteiger partial charge in [0.05, 0.1) is 12.3 Å². The highest BCUT2D eigenvalue weighted by atomic mass is 19.2. The van der Waals surface area contributed by atoms with Crippen LogP contribution in [0.25, 0.3) is 5.69 Å². The van der Waals surface area contributed by atoms with Crippen molar-refractivity contribution in [2.24, 2.45) is 5.73 Å². The van der Waals surface area contributed by atoms with Crippen LogP contribution in [0.2, 0.25) is 0 Å². The predicted octanol–water partition coefficient (Wildman–Crippen LogP) is 3.77. The molecule has 1 unspecified atom stereocenters. The molecule has 1 aromatic heterocycles. The number of nitrogens with zero attached hydrogens (tertiary/aromatic N) is 4. The Kier molecular flexibility index (Phi) is 9.91. The van der Waals surface area contributed by atoms with Crippen molar-refractivity contribution in [1.29, 1.82) is 0 Å². The van der Waals surface area contributed by atoms with Gasteiger partial charge in [-0.2, -0.15) is 5.10 Å². The molecule has 1 atom stereocenters. The number of ether oxygens (including phenoxy) is 1. The Morgan fingerprint density at radius 2 is 1.87 bits per heavy atom. The maximum atomic E-state index is 13.1. The summed E-state index contributed by atoms with van der Waals surface area (Å²) in [7, 11) is 4.97. The van der Waals surface area contributed by atoms with E-state index in [1.54, 1.807) is 34.2 Å². The molecule has 1 saturated heterocycles. The van der Waals surface area contributed by atoms with Gasteiger partial charge in [0.25, 0.3) is 5.91 Å². The normalized spacial score (nSPS) is 15.1. The lowest BCUT2D eigenvalue weighted by Crippen LogP contribution is -2.24. The lowest BCUT2D eigenvalue weighted by Gasteiger charge is -2.15. The number of amides is 3. The van der Waals surface area contributed by atoms with Crippen LogP contribution >= 0.6 is 0 Å². The molecule has 38 heavy (non-hydrogen) atoms. The second-order valence-electron chi connectivity index (χ2n) is 9.21. The third kappa shape index (κ3) is 7.14. The van der Waals surface area contributed by atoms with Crippen molar-refractivity contribution in [1.82, 2.24) is 19.6 Å². The van der Waals surface area contributed by atoms with Crippen molar-refractivity contribution >= 4 is 17.8 Å². The highest BCUT2D eigenvalue weighted by Crippen LogP contribution is 2.28. The molecule has 2 aromatic carbocycles. The van der Waals surface area contributed by atoms with Crippen molar-refractivity contribution < 1.29 is 23.1 Å². The minimum absolute atomic E-state index is 0.241. The first kappa shape index (κ1) is 28.7. The van der Waals surface area contributed by atoms with E-state index in [9.17, 15) is 18.4 Å². The van der Waals surface area contributed by atoms with Gasteiger partial charge in [0, 0.05) is 39.9 Å². The molecule has 0 spiro atoms. The van der Waals surface area contributed by atoms with Crippen molar-refractivity contribution in [2.75, 3.05) is 52.8 Å². The van der Waals surface area contributed by atoms with Gasteiger partial charge in [-0.25, -0.2) is 18.3 Å². The molecule has 3 amide bonds. The fourth-order valence-electron chi connectivity index (χ4n) is 4.22. The molecule has 3 aromatic rings. The standard InChI is InChI=1S/C14H17N5O2.C13H17F2NO/c1-9-11(13(20)18(2)3)17-19(12(9)16-14(15)21)10-7-5-4-6-8-10;1-17-7-6-16-5-4-11(9-16)10-2-3-12(14)13(15)8-10/h4-8H,1-3H3,(H3,15,16,21);2-3,8,11H,4-7,9H2,1H3. The number of hydrogen-bond donors (Lipinski definition) is 2. The van der Waals surface area contributed by atoms with Gasteiger partial charge in [-0.05, 0) is 55.6 Å². The molecule has 1 aliphatic heterocycles. The molecule has 9 nitrogen and oxygen atoms in total. The molecule has 0 radical (unpaired) electrons. The zero-order valence-electron chi connectivity index (χ0n) is 22.1. The number of methoxy groups -OCH3 is 1. The average molecular weight is 529 g/mol. The SMILES string of the molecule is COCCN1CCC(c2ccc(F)c(F)c2)C1.Cc1c(C(=O)N(C)C)nn(-c2ccccc2)c1NC(N)=O. The zero-order chi connectivity index (χ0) is 27.8. The van der Waals surface area contributed by atoms with Crippen molar-refractivity contribution in [2.45, 2.75) is 19.3 Å². The second kappa shape index (κ2) is 13.1. The Balaban J connectivity index is 0.000000215. The van der Waals surface area contributed by atoms with Gasteiger partial charge in [0.2, 0.25) is 0 Å². The van der Waals surface area contributed by atoms with Crippen LogP contribution in [-0.4, -0.2) is 79.0 Å². The van der Waals surface area contributed by atoms with Crippen LogP contribution in [0.1, 0.15) is 34.0 Å². The quantitative estimate of drug-likeness (QED) is 0.486. The molecule has 1 fully saturated rings. The number of nitrogens with two attached hydrogens (primary N) is 1. The molecular formula is C27H34F2N6O3. The Morgan fingerprint density at radius 3 is 2.47 bits per heavy atom. The summed E-state index contributed by atoms with van der Waals surface area (Å²) in [5.41, 5.74) is 7.65. The predicted molar refractivity (Wildman–Crippen MR) is 142 cm³/mol. The van der Waals surface area contributed by atoms with Crippen LogP contribution in [0, 0.1) is 18.6 Å².